The molecule has 3 aromatic heterocycles. The predicted molar refractivity (Wildman–Crippen MR) is 226 cm³/mol. The van der Waals surface area contributed by atoms with Crippen molar-refractivity contribution in [1.29, 1.82) is 0 Å². The molecule has 0 radical (unpaired) electrons. The first kappa shape index (κ1) is 42.7. The number of methoxy groups -OCH3 is 1. The van der Waals surface area contributed by atoms with Gasteiger partial charge in [-0.2, -0.15) is 4.98 Å². The Morgan fingerprint density at radius 1 is 1.05 bits per heavy atom. The van der Waals surface area contributed by atoms with Gasteiger partial charge in [0.1, 0.15) is 12.1 Å². The third-order valence-corrected chi connectivity index (χ3v) is 12.2. The molecule has 1 unspecified atom stereocenters. The van der Waals surface area contributed by atoms with E-state index in [4.69, 9.17) is 19.4 Å². The number of nitrogens with zero attached hydrogens (tertiary/aromatic N) is 5. The van der Waals surface area contributed by atoms with Gasteiger partial charge in [0.05, 0.1) is 40.7 Å². The Kier molecular flexibility index (Phi) is 12.9. The van der Waals surface area contributed by atoms with E-state index < -0.39 is 16.0 Å². The normalized spacial score (nSPS) is 17.7. The second-order valence-corrected chi connectivity index (χ2v) is 18.6. The fourth-order valence-electron chi connectivity index (χ4n) is 8.43. The van der Waals surface area contributed by atoms with Crippen LogP contribution >= 0.6 is 0 Å². The lowest BCUT2D eigenvalue weighted by Crippen LogP contribution is -2.42. The Morgan fingerprint density at radius 2 is 1.78 bits per heavy atom. The summed E-state index contributed by atoms with van der Waals surface area (Å²) in [4.78, 5) is 30.9. The number of carbonyl (C=O) groups is 1. The first-order valence-corrected chi connectivity index (χ1v) is 21.5. The van der Waals surface area contributed by atoms with Crippen molar-refractivity contribution in [2.45, 2.75) is 103 Å². The first-order valence-electron chi connectivity index (χ1n) is 20.0. The number of carboxylic acid groups (broad SMARTS) is 1. The molecule has 0 bridgehead atoms. The van der Waals surface area contributed by atoms with Crippen LogP contribution in [0.15, 0.2) is 59.6 Å². The van der Waals surface area contributed by atoms with Gasteiger partial charge in [-0.25, -0.2) is 27.9 Å². The van der Waals surface area contributed by atoms with Gasteiger partial charge in [0, 0.05) is 48.5 Å². The van der Waals surface area contributed by atoms with E-state index in [0.717, 1.165) is 71.7 Å². The maximum atomic E-state index is 13.6. The van der Waals surface area contributed by atoms with Crippen LogP contribution in [0.25, 0.3) is 22.4 Å². The zero-order valence-corrected chi connectivity index (χ0v) is 35.9. The molecule has 5 aromatic rings. The lowest BCUT2D eigenvalue weighted by molar-refractivity contribution is 0.0696. The van der Waals surface area contributed by atoms with Crippen molar-refractivity contribution in [3.63, 3.8) is 0 Å². The standard InChI is InChI=1S/C44H57N7O6S/c1-26(2)21-29-15-12-18-33(35-24-45-39-32(19-20-56-9)40(44(5,6)7)51(8)41(39)47-35)46-36(29)25-57-37-23-34(38-27(3)13-10-14-28(38)4)48-43(49-37)50-58(54,55)31-17-11-16-30(22-31)42(52)53/h10-11,13-14,16-17,22-24,26,29,33,36,46H,12,15,18-21,25H2,1-9H3,(H,52,53)(H,48,49,50)/t29-,33?,36-/m0/s1. The molecular formula is C44H57N7O6S. The summed E-state index contributed by atoms with van der Waals surface area (Å²) in [6.07, 6.45) is 6.55. The van der Waals surface area contributed by atoms with Gasteiger partial charge < -0.3 is 24.5 Å². The smallest absolute Gasteiger partial charge is 0.335 e. The molecule has 0 saturated carbocycles. The molecule has 1 fully saturated rings. The second-order valence-electron chi connectivity index (χ2n) is 16.9. The van der Waals surface area contributed by atoms with Gasteiger partial charge in [-0.1, -0.05) is 65.3 Å². The molecule has 3 N–H and O–H groups in total. The summed E-state index contributed by atoms with van der Waals surface area (Å²) in [6, 6.07) is 12.6. The number of rotatable bonds is 14. The number of sulfonamides is 1. The fourth-order valence-corrected chi connectivity index (χ4v) is 9.42. The molecule has 6 rings (SSSR count). The highest BCUT2D eigenvalue weighted by molar-refractivity contribution is 7.92. The number of nitrogens with one attached hydrogen (secondary N) is 2. The summed E-state index contributed by atoms with van der Waals surface area (Å²) in [5.41, 5.74) is 7.99. The van der Waals surface area contributed by atoms with E-state index in [2.05, 4.69) is 66.2 Å². The van der Waals surface area contributed by atoms with Gasteiger partial charge in [0.25, 0.3) is 10.0 Å². The highest BCUT2D eigenvalue weighted by Gasteiger charge is 2.32. The van der Waals surface area contributed by atoms with E-state index >= 15 is 0 Å². The van der Waals surface area contributed by atoms with E-state index in [1.165, 1.54) is 29.5 Å². The van der Waals surface area contributed by atoms with Crippen molar-refractivity contribution in [2.75, 3.05) is 25.0 Å². The Bertz CT molecular complexity index is 2370. The minimum atomic E-state index is -4.27. The van der Waals surface area contributed by atoms with Crippen LogP contribution in [-0.4, -0.2) is 70.4 Å². The summed E-state index contributed by atoms with van der Waals surface area (Å²) in [7, 11) is -0.474. The minimum Gasteiger partial charge on any atom is -0.478 e. The molecule has 0 aliphatic carbocycles. The van der Waals surface area contributed by atoms with Crippen LogP contribution in [0.5, 0.6) is 5.88 Å². The van der Waals surface area contributed by atoms with Crippen molar-refractivity contribution in [2.24, 2.45) is 18.9 Å². The van der Waals surface area contributed by atoms with Crippen molar-refractivity contribution in [3.05, 3.63) is 88.4 Å². The molecule has 4 heterocycles. The summed E-state index contributed by atoms with van der Waals surface area (Å²) >= 11 is 0. The number of hydrogen-bond acceptors (Lipinski definition) is 10. The van der Waals surface area contributed by atoms with Crippen LogP contribution in [0.3, 0.4) is 0 Å². The van der Waals surface area contributed by atoms with E-state index in [0.29, 0.717) is 24.1 Å². The average molecular weight is 812 g/mol. The third-order valence-electron chi connectivity index (χ3n) is 10.9. The molecule has 0 spiro atoms. The minimum absolute atomic E-state index is 0.0717. The monoisotopic (exact) mass is 811 g/mol. The first-order chi connectivity index (χ1) is 27.5. The third kappa shape index (κ3) is 9.51. The molecule has 1 aliphatic heterocycles. The van der Waals surface area contributed by atoms with Gasteiger partial charge in [0.2, 0.25) is 11.8 Å². The molecule has 1 aliphatic rings. The van der Waals surface area contributed by atoms with Crippen LogP contribution in [-0.2, 0) is 33.6 Å². The molecular weight excluding hydrogens is 755 g/mol. The van der Waals surface area contributed by atoms with Gasteiger partial charge in [0.15, 0.2) is 5.65 Å². The molecule has 310 valence electrons. The fraction of sp³-hybridized carbons (Fsp3) is 0.477. The van der Waals surface area contributed by atoms with E-state index in [-0.39, 0.29) is 46.4 Å². The van der Waals surface area contributed by atoms with Crippen LogP contribution in [0.4, 0.5) is 5.95 Å². The van der Waals surface area contributed by atoms with E-state index in [1.54, 1.807) is 13.2 Å². The van der Waals surface area contributed by atoms with Gasteiger partial charge in [-0.05, 0) is 80.7 Å². The summed E-state index contributed by atoms with van der Waals surface area (Å²) in [5, 5.41) is 13.4. The Morgan fingerprint density at radius 3 is 2.45 bits per heavy atom. The Labute approximate surface area is 342 Å². The number of hydrogen-bond donors (Lipinski definition) is 3. The van der Waals surface area contributed by atoms with Crippen LogP contribution in [0.2, 0.25) is 0 Å². The number of carboxylic acids is 1. The predicted octanol–water partition coefficient (Wildman–Crippen LogP) is 7.95. The van der Waals surface area contributed by atoms with Gasteiger partial charge in [-0.15, -0.1) is 0 Å². The molecule has 14 heteroatoms. The van der Waals surface area contributed by atoms with E-state index in [1.807, 2.05) is 38.2 Å². The average Bonchev–Trinajstić information content (AvgIpc) is 3.29. The SMILES string of the molecule is COCCc1c(C(C)(C)C)n(C)c2nc(C3CCC[C@@H](CC(C)C)[C@H](COc4cc(-c5c(C)cccc5C)nc(NS(=O)(=O)c5cccc(C(=O)O)c5)n4)N3)cnc12. The zero-order chi connectivity index (χ0) is 41.9. The second kappa shape index (κ2) is 17.5. The summed E-state index contributed by atoms with van der Waals surface area (Å²) in [6.45, 7) is 15.9. The number of fused-ring (bicyclic) bond motifs is 1. The Hall–Kier alpha value is -4.92. The molecule has 58 heavy (non-hydrogen) atoms. The number of aromatic carboxylic acids is 1. The largest absolute Gasteiger partial charge is 0.478 e. The lowest BCUT2D eigenvalue weighted by atomic mass is 9.87. The summed E-state index contributed by atoms with van der Waals surface area (Å²) < 4.78 is 43.9. The van der Waals surface area contributed by atoms with Crippen LogP contribution in [0.1, 0.15) is 105 Å². The molecule has 2 aromatic carbocycles. The van der Waals surface area contributed by atoms with Crippen molar-refractivity contribution in [3.8, 4) is 17.1 Å². The van der Waals surface area contributed by atoms with E-state index in [9.17, 15) is 18.3 Å². The maximum absolute atomic E-state index is 13.6. The topological polar surface area (TPSA) is 170 Å². The molecule has 1 saturated heterocycles. The van der Waals surface area contributed by atoms with Crippen molar-refractivity contribution in [1.82, 2.24) is 29.8 Å². The highest BCUT2D eigenvalue weighted by atomic mass is 32.2. The highest BCUT2D eigenvalue weighted by Crippen LogP contribution is 2.36. The number of aryl methyl sites for hydroxylation is 3. The molecule has 0 amide bonds. The number of anilines is 1. The molecule has 3 atom stereocenters. The number of aromatic nitrogens is 5. The lowest BCUT2D eigenvalue weighted by Gasteiger charge is -2.29. The zero-order valence-electron chi connectivity index (χ0n) is 35.1. The van der Waals surface area contributed by atoms with Crippen LogP contribution in [0, 0.1) is 25.7 Å². The van der Waals surface area contributed by atoms with Crippen LogP contribution < -0.4 is 14.8 Å². The molecule has 13 nitrogen and oxygen atoms in total. The maximum Gasteiger partial charge on any atom is 0.335 e. The number of ether oxygens (including phenoxy) is 2. The van der Waals surface area contributed by atoms with Crippen molar-refractivity contribution < 1.29 is 27.8 Å². The Balaban J connectivity index is 1.34. The van der Waals surface area contributed by atoms with Crippen molar-refractivity contribution >= 4 is 33.1 Å². The number of benzene rings is 2. The van der Waals surface area contributed by atoms with Gasteiger partial charge >= 0.3 is 5.97 Å². The quantitative estimate of drug-likeness (QED) is 0.0995. The summed E-state index contributed by atoms with van der Waals surface area (Å²) in [5.74, 6) is -0.461. The van der Waals surface area contributed by atoms with Gasteiger partial charge in [-0.3, -0.25) is 4.98 Å².